The third kappa shape index (κ3) is 5.76. The molecule has 2 fully saturated rings. The number of alkyl halides is 1. The van der Waals surface area contributed by atoms with E-state index in [2.05, 4.69) is 15.9 Å². The molecule has 0 amide bonds. The van der Waals surface area contributed by atoms with Crippen molar-refractivity contribution in [2.24, 2.45) is 0 Å². The lowest BCUT2D eigenvalue weighted by molar-refractivity contribution is -0.122. The van der Waals surface area contributed by atoms with Crippen LogP contribution in [0.5, 0.6) is 11.5 Å². The van der Waals surface area contributed by atoms with Gasteiger partial charge in [0.25, 0.3) is 0 Å². The summed E-state index contributed by atoms with van der Waals surface area (Å²) < 4.78 is 10.6. The smallest absolute Gasteiger partial charge is 0.154 e. The molecule has 0 N–H and O–H groups in total. The van der Waals surface area contributed by atoms with Crippen molar-refractivity contribution in [1.82, 2.24) is 0 Å². The molecule has 5 heteroatoms. The number of hydrogen-bond acceptors (Lipinski definition) is 4. The van der Waals surface area contributed by atoms with Crippen LogP contribution >= 0.6 is 15.9 Å². The average Bonchev–Trinajstić information content (AvgIpc) is 2.81. The SMILES string of the molecule is COc1ccccc1C1CCCC(Br)C1=O.COc1ccccc1C1CCCCC1=O. The summed E-state index contributed by atoms with van der Waals surface area (Å²) >= 11 is 3.45. The zero-order valence-electron chi connectivity index (χ0n) is 18.3. The summed E-state index contributed by atoms with van der Waals surface area (Å²) in [6.07, 6.45) is 6.86. The first-order chi connectivity index (χ1) is 15.1. The maximum atomic E-state index is 12.1. The van der Waals surface area contributed by atoms with Gasteiger partial charge in [0.2, 0.25) is 0 Å². The molecular formula is C26H31BrO4. The summed E-state index contributed by atoms with van der Waals surface area (Å²) in [6, 6.07) is 15.6. The molecule has 3 unspecified atom stereocenters. The molecule has 0 saturated heterocycles. The van der Waals surface area contributed by atoms with Gasteiger partial charge in [-0.25, -0.2) is 0 Å². The van der Waals surface area contributed by atoms with Crippen molar-refractivity contribution < 1.29 is 19.1 Å². The van der Waals surface area contributed by atoms with Gasteiger partial charge in [0, 0.05) is 29.4 Å². The van der Waals surface area contributed by atoms with Gasteiger partial charge in [0.1, 0.15) is 17.3 Å². The molecule has 166 valence electrons. The van der Waals surface area contributed by atoms with Crippen LogP contribution < -0.4 is 9.47 Å². The molecule has 2 aromatic rings. The van der Waals surface area contributed by atoms with Gasteiger partial charge in [-0.15, -0.1) is 0 Å². The van der Waals surface area contributed by atoms with Crippen molar-refractivity contribution >= 4 is 27.5 Å². The van der Waals surface area contributed by atoms with E-state index in [1.54, 1.807) is 14.2 Å². The molecule has 3 atom stereocenters. The fourth-order valence-electron chi connectivity index (χ4n) is 4.53. The summed E-state index contributed by atoms with van der Waals surface area (Å²) in [6.45, 7) is 0. The minimum absolute atomic E-state index is 0.00530. The molecule has 2 saturated carbocycles. The average molecular weight is 487 g/mol. The maximum Gasteiger partial charge on any atom is 0.154 e. The summed E-state index contributed by atoms with van der Waals surface area (Å²) in [5, 5.41) is 0. The van der Waals surface area contributed by atoms with Crippen LogP contribution in [-0.2, 0) is 9.59 Å². The van der Waals surface area contributed by atoms with E-state index in [0.717, 1.165) is 67.6 Å². The highest BCUT2D eigenvalue weighted by Crippen LogP contribution is 2.37. The number of para-hydroxylation sites is 2. The van der Waals surface area contributed by atoms with E-state index in [4.69, 9.17) is 9.47 Å². The van der Waals surface area contributed by atoms with Crippen LogP contribution in [0.15, 0.2) is 48.5 Å². The minimum Gasteiger partial charge on any atom is -0.496 e. The molecule has 2 aliphatic rings. The van der Waals surface area contributed by atoms with Crippen LogP contribution in [0.4, 0.5) is 0 Å². The number of halogens is 1. The highest BCUT2D eigenvalue weighted by atomic mass is 79.9. The lowest BCUT2D eigenvalue weighted by atomic mass is 9.82. The second kappa shape index (κ2) is 11.5. The maximum absolute atomic E-state index is 12.1. The molecule has 0 radical (unpaired) electrons. The van der Waals surface area contributed by atoms with E-state index in [9.17, 15) is 9.59 Å². The van der Waals surface area contributed by atoms with E-state index in [-0.39, 0.29) is 22.4 Å². The summed E-state index contributed by atoms with van der Waals surface area (Å²) in [7, 11) is 3.31. The second-order valence-electron chi connectivity index (χ2n) is 8.10. The van der Waals surface area contributed by atoms with Gasteiger partial charge in [0.05, 0.1) is 19.0 Å². The first kappa shape index (κ1) is 23.5. The Hall–Kier alpha value is -2.14. The van der Waals surface area contributed by atoms with E-state index >= 15 is 0 Å². The summed E-state index contributed by atoms with van der Waals surface area (Å²) in [5.41, 5.74) is 2.09. The quantitative estimate of drug-likeness (QED) is 0.481. The van der Waals surface area contributed by atoms with E-state index in [1.807, 2.05) is 48.5 Å². The van der Waals surface area contributed by atoms with Gasteiger partial charge < -0.3 is 9.47 Å². The number of carbonyl (C=O) groups excluding carboxylic acids is 2. The molecule has 4 nitrogen and oxygen atoms in total. The minimum atomic E-state index is -0.00530. The Kier molecular flexibility index (Phi) is 8.70. The third-order valence-corrected chi connectivity index (χ3v) is 7.09. The van der Waals surface area contributed by atoms with Gasteiger partial charge in [0.15, 0.2) is 5.78 Å². The Morgan fingerprint density at radius 3 is 1.87 bits per heavy atom. The Balaban J connectivity index is 0.000000176. The van der Waals surface area contributed by atoms with Gasteiger partial charge in [-0.2, -0.15) is 0 Å². The Labute approximate surface area is 193 Å². The number of Topliss-reactive ketones (excluding diaryl/α,β-unsaturated/α-hetero) is 2. The lowest BCUT2D eigenvalue weighted by Gasteiger charge is -2.25. The summed E-state index contributed by atoms with van der Waals surface area (Å²) in [5.74, 6) is 2.38. The molecule has 0 aromatic heterocycles. The number of hydrogen-bond donors (Lipinski definition) is 0. The zero-order chi connectivity index (χ0) is 22.2. The highest BCUT2D eigenvalue weighted by molar-refractivity contribution is 9.10. The normalized spacial score (nSPS) is 23.5. The van der Waals surface area contributed by atoms with E-state index < -0.39 is 0 Å². The summed E-state index contributed by atoms with van der Waals surface area (Å²) in [4.78, 5) is 23.9. The molecule has 4 rings (SSSR count). The molecular weight excluding hydrogens is 456 g/mol. The van der Waals surface area contributed by atoms with Crippen LogP contribution in [0.3, 0.4) is 0 Å². The second-order valence-corrected chi connectivity index (χ2v) is 9.21. The van der Waals surface area contributed by atoms with Crippen molar-refractivity contribution in [2.45, 2.75) is 61.6 Å². The molecule has 2 aliphatic carbocycles. The highest BCUT2D eigenvalue weighted by Gasteiger charge is 2.32. The Bertz CT molecular complexity index is 894. The Morgan fingerprint density at radius 1 is 0.742 bits per heavy atom. The fraction of sp³-hybridized carbons (Fsp3) is 0.462. The predicted octanol–water partition coefficient (Wildman–Crippen LogP) is 6.22. The van der Waals surface area contributed by atoms with Gasteiger partial charge in [-0.05, 0) is 37.8 Å². The van der Waals surface area contributed by atoms with E-state index in [1.165, 1.54) is 0 Å². The number of ketones is 2. The van der Waals surface area contributed by atoms with E-state index in [0.29, 0.717) is 5.78 Å². The molecule has 0 aliphatic heterocycles. The first-order valence-corrected chi connectivity index (χ1v) is 11.9. The molecule has 0 heterocycles. The first-order valence-electron chi connectivity index (χ1n) is 11.0. The molecule has 0 bridgehead atoms. The predicted molar refractivity (Wildman–Crippen MR) is 127 cm³/mol. The van der Waals surface area contributed by atoms with Crippen molar-refractivity contribution in [1.29, 1.82) is 0 Å². The van der Waals surface area contributed by atoms with Crippen molar-refractivity contribution in [3.63, 3.8) is 0 Å². The van der Waals surface area contributed by atoms with Crippen molar-refractivity contribution in [3.8, 4) is 11.5 Å². The topological polar surface area (TPSA) is 52.6 Å². The number of carbonyl (C=O) groups is 2. The number of benzene rings is 2. The number of ether oxygens (including phenoxy) is 2. The van der Waals surface area contributed by atoms with Crippen LogP contribution in [0.2, 0.25) is 0 Å². The molecule has 2 aromatic carbocycles. The molecule has 31 heavy (non-hydrogen) atoms. The lowest BCUT2D eigenvalue weighted by Crippen LogP contribution is -2.27. The standard InChI is InChI=1S/C13H15BrO2.C13H16O2/c1-16-12-8-3-2-5-9(12)10-6-4-7-11(14)13(10)15;1-15-13-9-5-3-7-11(13)10-6-2-4-8-12(10)14/h2-3,5,8,10-11H,4,6-7H2,1H3;3,5,7,9-10H,2,4,6,8H2,1H3. The Morgan fingerprint density at radius 2 is 1.29 bits per heavy atom. The zero-order valence-corrected chi connectivity index (χ0v) is 19.9. The number of rotatable bonds is 4. The molecule has 0 spiro atoms. The largest absolute Gasteiger partial charge is 0.496 e. The van der Waals surface area contributed by atoms with Crippen LogP contribution in [0, 0.1) is 0 Å². The van der Waals surface area contributed by atoms with Crippen molar-refractivity contribution in [2.75, 3.05) is 14.2 Å². The third-order valence-electron chi connectivity index (χ3n) is 6.19. The fourth-order valence-corrected chi connectivity index (χ4v) is 5.18. The van der Waals surface area contributed by atoms with Crippen molar-refractivity contribution in [3.05, 3.63) is 59.7 Å². The van der Waals surface area contributed by atoms with Gasteiger partial charge >= 0.3 is 0 Å². The van der Waals surface area contributed by atoms with Crippen LogP contribution in [0.1, 0.15) is 67.9 Å². The van der Waals surface area contributed by atoms with Crippen LogP contribution in [-0.4, -0.2) is 30.6 Å². The monoisotopic (exact) mass is 486 g/mol. The van der Waals surface area contributed by atoms with Crippen LogP contribution in [0.25, 0.3) is 0 Å². The van der Waals surface area contributed by atoms with Gasteiger partial charge in [-0.3, -0.25) is 9.59 Å². The van der Waals surface area contributed by atoms with Gasteiger partial charge in [-0.1, -0.05) is 65.2 Å². The number of methoxy groups -OCH3 is 2.